The Hall–Kier alpha value is -3.64. The van der Waals surface area contributed by atoms with Gasteiger partial charge in [0, 0.05) is 29.0 Å². The summed E-state index contributed by atoms with van der Waals surface area (Å²) >= 11 is 1.82. The summed E-state index contributed by atoms with van der Waals surface area (Å²) in [6, 6.07) is 23.9. The summed E-state index contributed by atoms with van der Waals surface area (Å²) in [4.78, 5) is 6.28. The average molecular weight is 548 g/mol. The first-order valence-corrected chi connectivity index (χ1v) is 14.6. The highest BCUT2D eigenvalue weighted by molar-refractivity contribution is 7.23. The van der Waals surface area contributed by atoms with Gasteiger partial charge >= 0.3 is 0 Å². The smallest absolute Gasteiger partial charge is 0.287 e. The SMILES string of the molecule is COC/C=C(\CO)C1C(C)c2c(C)cc(C)cc2-c2c3sc(-c4ccc(-c5ccccc5)cc4)c(C)c3nc[n+]21. The third-order valence-electron chi connectivity index (χ3n) is 8.24. The summed E-state index contributed by atoms with van der Waals surface area (Å²) in [5.74, 6) is 0.175. The van der Waals surface area contributed by atoms with Crippen molar-refractivity contribution in [3.63, 3.8) is 0 Å². The molecule has 202 valence electrons. The normalized spacial score (nSPS) is 16.7. The molecule has 0 bridgehead atoms. The van der Waals surface area contributed by atoms with E-state index in [-0.39, 0.29) is 18.6 Å². The minimum absolute atomic E-state index is 0.0223. The number of aliphatic hydroxyl groups is 1. The average Bonchev–Trinajstić information content (AvgIpc) is 3.30. The topological polar surface area (TPSA) is 46.2 Å². The van der Waals surface area contributed by atoms with Gasteiger partial charge in [-0.1, -0.05) is 79.2 Å². The van der Waals surface area contributed by atoms with Crippen LogP contribution in [0.1, 0.15) is 41.1 Å². The maximum absolute atomic E-state index is 10.5. The molecule has 6 rings (SSSR count). The Morgan fingerprint density at radius 2 is 1.70 bits per heavy atom. The van der Waals surface area contributed by atoms with E-state index >= 15 is 0 Å². The molecular formula is C35H35N2O2S+. The van der Waals surface area contributed by atoms with Gasteiger partial charge in [-0.25, -0.2) is 4.57 Å². The van der Waals surface area contributed by atoms with Crippen LogP contribution in [0.4, 0.5) is 0 Å². The van der Waals surface area contributed by atoms with E-state index in [2.05, 4.69) is 92.9 Å². The van der Waals surface area contributed by atoms with Gasteiger partial charge in [-0.3, -0.25) is 0 Å². The zero-order valence-electron chi connectivity index (χ0n) is 23.7. The fraction of sp³-hybridized carbons (Fsp3) is 0.257. The van der Waals surface area contributed by atoms with Crippen LogP contribution in [0.25, 0.3) is 43.0 Å². The van der Waals surface area contributed by atoms with Crippen LogP contribution in [-0.4, -0.2) is 30.4 Å². The molecule has 0 spiro atoms. The van der Waals surface area contributed by atoms with Crippen molar-refractivity contribution in [2.75, 3.05) is 20.3 Å². The zero-order chi connectivity index (χ0) is 28.0. The predicted octanol–water partition coefficient (Wildman–Crippen LogP) is 7.73. The molecule has 4 nitrogen and oxygen atoms in total. The summed E-state index contributed by atoms with van der Waals surface area (Å²) in [6.45, 7) is 9.28. The Balaban J connectivity index is 1.57. The maximum Gasteiger partial charge on any atom is 0.287 e. The zero-order valence-corrected chi connectivity index (χ0v) is 24.5. The van der Waals surface area contributed by atoms with Gasteiger partial charge in [0.25, 0.3) is 6.33 Å². The molecule has 3 heterocycles. The fourth-order valence-electron chi connectivity index (χ4n) is 6.45. The molecule has 3 aromatic carbocycles. The molecule has 2 atom stereocenters. The number of aromatic nitrogens is 2. The first-order valence-electron chi connectivity index (χ1n) is 13.8. The van der Waals surface area contributed by atoms with Crippen LogP contribution in [-0.2, 0) is 4.74 Å². The van der Waals surface area contributed by atoms with Crippen LogP contribution in [0, 0.1) is 20.8 Å². The summed E-state index contributed by atoms with van der Waals surface area (Å²) < 4.78 is 8.85. The van der Waals surface area contributed by atoms with Crippen molar-refractivity contribution in [3.05, 3.63) is 107 Å². The third kappa shape index (κ3) is 4.39. The molecule has 0 fully saturated rings. The van der Waals surface area contributed by atoms with Crippen molar-refractivity contribution in [3.8, 4) is 32.8 Å². The van der Waals surface area contributed by atoms with E-state index in [1.54, 1.807) is 7.11 Å². The largest absolute Gasteiger partial charge is 0.392 e. The molecule has 1 N–H and O–H groups in total. The van der Waals surface area contributed by atoms with E-state index in [1.165, 1.54) is 59.8 Å². The van der Waals surface area contributed by atoms with Crippen LogP contribution >= 0.6 is 11.3 Å². The van der Waals surface area contributed by atoms with Crippen molar-refractivity contribution in [1.82, 2.24) is 4.98 Å². The second kappa shape index (κ2) is 10.7. The standard InChI is InChI=1S/C35H35N2O2S/c1-21-17-22(2)30-23(3)32(28(19-38)15-16-39-5)37-20-36-31-24(4)34(40-35(31)33(37)29(30)18-21)27-13-11-26(12-14-27)25-9-7-6-8-10-25/h6-15,17-18,20,23,32,38H,16,19H2,1-5H3/q+1/b28-15+. The number of thiophene rings is 1. The van der Waals surface area contributed by atoms with Gasteiger partial charge in [-0.05, 0) is 65.2 Å². The van der Waals surface area contributed by atoms with Crippen LogP contribution in [0.2, 0.25) is 0 Å². The van der Waals surface area contributed by atoms with Crippen molar-refractivity contribution in [1.29, 1.82) is 0 Å². The van der Waals surface area contributed by atoms with Crippen molar-refractivity contribution in [2.24, 2.45) is 0 Å². The van der Waals surface area contributed by atoms with E-state index in [9.17, 15) is 5.11 Å². The molecule has 2 unspecified atom stereocenters. The first-order chi connectivity index (χ1) is 19.4. The highest BCUT2D eigenvalue weighted by Crippen LogP contribution is 2.48. The number of hydrogen-bond donors (Lipinski definition) is 1. The fourth-order valence-corrected chi connectivity index (χ4v) is 7.78. The number of aliphatic hydroxyl groups excluding tert-OH is 1. The van der Waals surface area contributed by atoms with Crippen molar-refractivity contribution < 1.29 is 14.4 Å². The lowest BCUT2D eigenvalue weighted by atomic mass is 9.78. The minimum Gasteiger partial charge on any atom is -0.392 e. The number of fused-ring (bicyclic) bond motifs is 5. The Bertz CT molecular complexity index is 1740. The predicted molar refractivity (Wildman–Crippen MR) is 165 cm³/mol. The van der Waals surface area contributed by atoms with Gasteiger partial charge < -0.3 is 9.84 Å². The van der Waals surface area contributed by atoms with Crippen molar-refractivity contribution >= 4 is 21.6 Å². The Labute approximate surface area is 240 Å². The van der Waals surface area contributed by atoms with Crippen LogP contribution in [0.5, 0.6) is 0 Å². The highest BCUT2D eigenvalue weighted by atomic mass is 32.1. The van der Waals surface area contributed by atoms with E-state index < -0.39 is 0 Å². The number of hydrogen-bond acceptors (Lipinski definition) is 4. The van der Waals surface area contributed by atoms with Gasteiger partial charge in [0.15, 0.2) is 5.69 Å². The molecule has 0 saturated carbocycles. The van der Waals surface area contributed by atoms with Gasteiger partial charge in [-0.2, -0.15) is 0 Å². The van der Waals surface area contributed by atoms with Crippen LogP contribution in [0.15, 0.2) is 84.7 Å². The molecule has 5 heteroatoms. The minimum atomic E-state index is -0.0445. The van der Waals surface area contributed by atoms with Gasteiger partial charge in [-0.15, -0.1) is 11.3 Å². The van der Waals surface area contributed by atoms with E-state index in [0.717, 1.165) is 11.1 Å². The lowest BCUT2D eigenvalue weighted by Gasteiger charge is -2.33. The summed E-state index contributed by atoms with van der Waals surface area (Å²) in [5.41, 5.74) is 13.2. The Morgan fingerprint density at radius 1 is 1.00 bits per heavy atom. The Kier molecular flexibility index (Phi) is 7.13. The van der Waals surface area contributed by atoms with E-state index in [4.69, 9.17) is 9.72 Å². The first kappa shape index (κ1) is 26.6. The molecule has 1 aliphatic rings. The number of benzene rings is 3. The molecule has 5 aromatic rings. The van der Waals surface area contributed by atoms with E-state index in [1.807, 2.05) is 29.8 Å². The molecule has 0 aliphatic carbocycles. The molecule has 1 aliphatic heterocycles. The maximum atomic E-state index is 10.5. The summed E-state index contributed by atoms with van der Waals surface area (Å²) in [7, 11) is 1.69. The molecular weight excluding hydrogens is 512 g/mol. The summed E-state index contributed by atoms with van der Waals surface area (Å²) in [5, 5.41) is 10.5. The molecule has 0 amide bonds. The third-order valence-corrected chi connectivity index (χ3v) is 9.58. The number of nitrogens with zero attached hydrogens (tertiary/aromatic N) is 2. The van der Waals surface area contributed by atoms with Crippen LogP contribution < -0.4 is 4.57 Å². The number of methoxy groups -OCH3 is 1. The van der Waals surface area contributed by atoms with Crippen LogP contribution in [0.3, 0.4) is 0 Å². The summed E-state index contributed by atoms with van der Waals surface area (Å²) in [6.07, 6.45) is 4.01. The monoisotopic (exact) mass is 547 g/mol. The number of ether oxygens (including phenoxy) is 1. The highest BCUT2D eigenvalue weighted by Gasteiger charge is 2.40. The lowest BCUT2D eigenvalue weighted by molar-refractivity contribution is -0.710. The van der Waals surface area contributed by atoms with Gasteiger partial charge in [0.2, 0.25) is 5.52 Å². The van der Waals surface area contributed by atoms with E-state index in [0.29, 0.717) is 6.61 Å². The molecule has 2 aromatic heterocycles. The molecule has 0 radical (unpaired) electrons. The number of aryl methyl sites for hydroxylation is 3. The quantitative estimate of drug-likeness (QED) is 0.175. The molecule has 0 saturated heterocycles. The lowest BCUT2D eigenvalue weighted by Crippen LogP contribution is -2.49. The number of rotatable bonds is 6. The van der Waals surface area contributed by atoms with Gasteiger partial charge in [0.1, 0.15) is 10.7 Å². The second-order valence-electron chi connectivity index (χ2n) is 10.8. The second-order valence-corrected chi connectivity index (χ2v) is 11.9. The molecule has 40 heavy (non-hydrogen) atoms. The Morgan fingerprint density at radius 3 is 2.40 bits per heavy atom. The van der Waals surface area contributed by atoms with Crippen molar-refractivity contribution in [2.45, 2.75) is 39.7 Å². The van der Waals surface area contributed by atoms with Gasteiger partial charge in [0.05, 0.1) is 13.2 Å².